The summed E-state index contributed by atoms with van der Waals surface area (Å²) in [6.07, 6.45) is 4.90. The Morgan fingerprint density at radius 2 is 2.31 bits per heavy atom. The fraction of sp³-hybridized carbons (Fsp3) is 0.417. The first-order valence-electron chi connectivity index (χ1n) is 5.51. The highest BCUT2D eigenvalue weighted by Gasteiger charge is 2.07. The van der Waals surface area contributed by atoms with Gasteiger partial charge in [-0.3, -0.25) is 0 Å². The molecule has 0 atom stereocenters. The van der Waals surface area contributed by atoms with E-state index in [-0.39, 0.29) is 0 Å². The molecule has 2 rings (SSSR count). The van der Waals surface area contributed by atoms with Crippen molar-refractivity contribution < 1.29 is 4.52 Å². The van der Waals surface area contributed by atoms with E-state index in [1.54, 1.807) is 0 Å². The van der Waals surface area contributed by atoms with E-state index in [1.807, 2.05) is 26.2 Å². The minimum Gasteiger partial charge on any atom is -0.367 e. The highest BCUT2D eigenvalue weighted by atomic mass is 16.5. The van der Waals surface area contributed by atoms with E-state index < -0.39 is 0 Å². The fourth-order valence-electron chi connectivity index (χ4n) is 1.77. The molecule has 0 aromatic carbocycles. The molecule has 0 aliphatic carbocycles. The summed E-state index contributed by atoms with van der Waals surface area (Å²) < 4.78 is 5.12. The monoisotopic (exact) mass is 219 g/mol. The van der Waals surface area contributed by atoms with Gasteiger partial charge in [-0.2, -0.15) is 0 Å². The SMILES string of the molecule is Cc1noc(C)c1CCNCc1cc[nH]c1. The van der Waals surface area contributed by atoms with Crippen LogP contribution >= 0.6 is 0 Å². The second kappa shape index (κ2) is 4.99. The molecule has 0 aliphatic rings. The molecule has 0 radical (unpaired) electrons. The van der Waals surface area contributed by atoms with Gasteiger partial charge in [0.05, 0.1) is 5.69 Å². The predicted octanol–water partition coefficient (Wildman–Crippen LogP) is 1.95. The second-order valence-corrected chi connectivity index (χ2v) is 3.95. The normalized spacial score (nSPS) is 10.9. The van der Waals surface area contributed by atoms with Gasteiger partial charge in [0.2, 0.25) is 0 Å². The Labute approximate surface area is 95.0 Å². The number of hydrogen-bond donors (Lipinski definition) is 2. The summed E-state index contributed by atoms with van der Waals surface area (Å²) in [6.45, 7) is 5.78. The zero-order chi connectivity index (χ0) is 11.4. The van der Waals surface area contributed by atoms with Gasteiger partial charge in [-0.05, 0) is 38.4 Å². The smallest absolute Gasteiger partial charge is 0.137 e. The van der Waals surface area contributed by atoms with Gasteiger partial charge in [-0.15, -0.1) is 0 Å². The van der Waals surface area contributed by atoms with E-state index >= 15 is 0 Å². The van der Waals surface area contributed by atoms with Crippen LogP contribution < -0.4 is 5.32 Å². The summed E-state index contributed by atoms with van der Waals surface area (Å²) in [5, 5.41) is 7.33. The Bertz CT molecular complexity index is 412. The minimum atomic E-state index is 0.896. The van der Waals surface area contributed by atoms with Crippen LogP contribution in [-0.2, 0) is 13.0 Å². The van der Waals surface area contributed by atoms with Gasteiger partial charge in [0.1, 0.15) is 5.76 Å². The molecule has 2 aromatic heterocycles. The van der Waals surface area contributed by atoms with Crippen LogP contribution in [0.5, 0.6) is 0 Å². The van der Waals surface area contributed by atoms with Crippen LogP contribution in [0.15, 0.2) is 23.0 Å². The van der Waals surface area contributed by atoms with Crippen LogP contribution in [-0.4, -0.2) is 16.7 Å². The first-order chi connectivity index (χ1) is 7.77. The van der Waals surface area contributed by atoms with Gasteiger partial charge >= 0.3 is 0 Å². The molecule has 4 nitrogen and oxygen atoms in total. The minimum absolute atomic E-state index is 0.896. The van der Waals surface area contributed by atoms with Gasteiger partial charge in [-0.25, -0.2) is 0 Å². The molecule has 0 saturated carbocycles. The van der Waals surface area contributed by atoms with E-state index in [4.69, 9.17) is 4.52 Å². The quantitative estimate of drug-likeness (QED) is 0.756. The number of hydrogen-bond acceptors (Lipinski definition) is 3. The third kappa shape index (κ3) is 2.52. The molecule has 16 heavy (non-hydrogen) atoms. The number of aromatic nitrogens is 2. The van der Waals surface area contributed by atoms with Crippen molar-refractivity contribution in [1.82, 2.24) is 15.5 Å². The van der Waals surface area contributed by atoms with Gasteiger partial charge in [0.25, 0.3) is 0 Å². The third-order valence-electron chi connectivity index (χ3n) is 2.72. The third-order valence-corrected chi connectivity index (χ3v) is 2.72. The van der Waals surface area contributed by atoms with Crippen LogP contribution in [0.1, 0.15) is 22.6 Å². The number of rotatable bonds is 5. The molecule has 2 aromatic rings. The van der Waals surface area contributed by atoms with Crippen LogP contribution in [0, 0.1) is 13.8 Å². The largest absolute Gasteiger partial charge is 0.367 e. The van der Waals surface area contributed by atoms with E-state index in [0.717, 1.165) is 31.0 Å². The van der Waals surface area contributed by atoms with Crippen molar-refractivity contribution in [3.8, 4) is 0 Å². The summed E-state index contributed by atoms with van der Waals surface area (Å²) in [4.78, 5) is 3.04. The highest BCUT2D eigenvalue weighted by molar-refractivity contribution is 5.21. The molecule has 0 unspecified atom stereocenters. The van der Waals surface area contributed by atoms with Crippen molar-refractivity contribution in [2.24, 2.45) is 0 Å². The first kappa shape index (κ1) is 11.0. The van der Waals surface area contributed by atoms with Crippen molar-refractivity contribution in [3.63, 3.8) is 0 Å². The topological polar surface area (TPSA) is 53.9 Å². The number of aryl methyl sites for hydroxylation is 2. The fourth-order valence-corrected chi connectivity index (χ4v) is 1.77. The molecule has 2 N–H and O–H groups in total. The van der Waals surface area contributed by atoms with Gasteiger partial charge < -0.3 is 14.8 Å². The van der Waals surface area contributed by atoms with Crippen molar-refractivity contribution in [3.05, 3.63) is 41.0 Å². The van der Waals surface area contributed by atoms with E-state index in [1.165, 1.54) is 11.1 Å². The first-order valence-corrected chi connectivity index (χ1v) is 5.51. The molecule has 0 amide bonds. The summed E-state index contributed by atoms with van der Waals surface area (Å²) in [5.41, 5.74) is 3.50. The average Bonchev–Trinajstić information content (AvgIpc) is 2.87. The molecule has 0 fully saturated rings. The lowest BCUT2D eigenvalue weighted by atomic mass is 10.1. The number of nitrogens with one attached hydrogen (secondary N) is 2. The Morgan fingerprint density at radius 1 is 1.44 bits per heavy atom. The summed E-state index contributed by atoms with van der Waals surface area (Å²) in [6, 6.07) is 2.07. The predicted molar refractivity (Wildman–Crippen MR) is 62.2 cm³/mol. The molecule has 4 heteroatoms. The van der Waals surface area contributed by atoms with Gasteiger partial charge in [0.15, 0.2) is 0 Å². The molecule has 0 spiro atoms. The average molecular weight is 219 g/mol. The maximum atomic E-state index is 5.12. The Balaban J connectivity index is 1.76. The zero-order valence-corrected chi connectivity index (χ0v) is 9.71. The summed E-state index contributed by atoms with van der Waals surface area (Å²) >= 11 is 0. The molecule has 86 valence electrons. The molecule has 2 heterocycles. The van der Waals surface area contributed by atoms with E-state index in [9.17, 15) is 0 Å². The van der Waals surface area contributed by atoms with Crippen LogP contribution in [0.4, 0.5) is 0 Å². The lowest BCUT2D eigenvalue weighted by Crippen LogP contribution is -2.16. The van der Waals surface area contributed by atoms with Crippen molar-refractivity contribution in [2.45, 2.75) is 26.8 Å². The molecule has 0 saturated heterocycles. The number of nitrogens with zero attached hydrogens (tertiary/aromatic N) is 1. The van der Waals surface area contributed by atoms with Crippen molar-refractivity contribution >= 4 is 0 Å². The molecule has 0 aliphatic heterocycles. The lowest BCUT2D eigenvalue weighted by molar-refractivity contribution is 0.392. The lowest BCUT2D eigenvalue weighted by Gasteiger charge is -2.02. The van der Waals surface area contributed by atoms with Crippen molar-refractivity contribution in [2.75, 3.05) is 6.54 Å². The van der Waals surface area contributed by atoms with Crippen LogP contribution in [0.2, 0.25) is 0 Å². The number of aromatic amines is 1. The Morgan fingerprint density at radius 3 is 2.94 bits per heavy atom. The molecular formula is C12H17N3O. The van der Waals surface area contributed by atoms with Crippen LogP contribution in [0.3, 0.4) is 0 Å². The van der Waals surface area contributed by atoms with Gasteiger partial charge in [0, 0.05) is 24.5 Å². The maximum absolute atomic E-state index is 5.12. The van der Waals surface area contributed by atoms with Crippen LogP contribution in [0.25, 0.3) is 0 Å². The Hall–Kier alpha value is -1.55. The van der Waals surface area contributed by atoms with E-state index in [0.29, 0.717) is 0 Å². The van der Waals surface area contributed by atoms with Gasteiger partial charge in [-0.1, -0.05) is 5.16 Å². The zero-order valence-electron chi connectivity index (χ0n) is 9.71. The summed E-state index contributed by atoms with van der Waals surface area (Å²) in [5.74, 6) is 0.931. The highest BCUT2D eigenvalue weighted by Crippen LogP contribution is 2.12. The van der Waals surface area contributed by atoms with Crippen molar-refractivity contribution in [1.29, 1.82) is 0 Å². The van der Waals surface area contributed by atoms with E-state index in [2.05, 4.69) is 21.5 Å². The second-order valence-electron chi connectivity index (χ2n) is 3.95. The maximum Gasteiger partial charge on any atom is 0.137 e. The standard InChI is InChI=1S/C12H17N3O/c1-9-12(10(2)16-15-9)4-6-14-8-11-3-5-13-7-11/h3,5,7,13-14H,4,6,8H2,1-2H3. The summed E-state index contributed by atoms with van der Waals surface area (Å²) in [7, 11) is 0. The Kier molecular flexibility index (Phi) is 3.41. The molecular weight excluding hydrogens is 202 g/mol. The number of H-pyrrole nitrogens is 1. The molecule has 0 bridgehead atoms.